The van der Waals surface area contributed by atoms with Gasteiger partial charge in [-0.05, 0) is 36.5 Å². The summed E-state index contributed by atoms with van der Waals surface area (Å²) < 4.78 is 26.0. The zero-order valence-electron chi connectivity index (χ0n) is 16.7. The van der Waals surface area contributed by atoms with Gasteiger partial charge in [0, 0.05) is 38.9 Å². The molecule has 1 atom stereocenters. The fourth-order valence-corrected chi connectivity index (χ4v) is 4.32. The minimum absolute atomic E-state index is 0. The fourth-order valence-electron chi connectivity index (χ4n) is 3.18. The molecule has 0 bridgehead atoms. The highest BCUT2D eigenvalue weighted by molar-refractivity contribution is 7.89. The molecule has 3 N–H and O–H groups in total. The number of anilines is 1. The number of halogens is 1. The second kappa shape index (κ2) is 8.87. The van der Waals surface area contributed by atoms with Gasteiger partial charge >= 0.3 is 0 Å². The molecule has 154 valence electrons. The summed E-state index contributed by atoms with van der Waals surface area (Å²) >= 11 is 0. The quantitative estimate of drug-likeness (QED) is 0.758. The predicted molar refractivity (Wildman–Crippen MR) is 111 cm³/mol. The molecule has 0 spiro atoms. The second-order valence-electron chi connectivity index (χ2n) is 7.91. The molecule has 1 aromatic rings. The number of piperidine rings is 1. The number of carbonyl (C=O) groups excluding carboxylic acids is 1. The standard InChI is InChI=1S/C18H30N4O3S.ClH/c1-13-6-7-14(10-15(13)26(24,25)21(4)5)20-17(23)11-22-9-8-16(19)18(2,3)12-22;/h6-7,10,16H,8-9,11-12,19H2,1-5H3,(H,20,23);1H. The van der Waals surface area contributed by atoms with Gasteiger partial charge in [-0.3, -0.25) is 9.69 Å². The zero-order chi connectivity index (χ0) is 19.7. The maximum Gasteiger partial charge on any atom is 0.242 e. The van der Waals surface area contributed by atoms with E-state index in [0.29, 0.717) is 11.3 Å². The lowest BCUT2D eigenvalue weighted by molar-refractivity contribution is -0.118. The second-order valence-corrected chi connectivity index (χ2v) is 10.0. The summed E-state index contributed by atoms with van der Waals surface area (Å²) in [5.74, 6) is -0.159. The van der Waals surface area contributed by atoms with Gasteiger partial charge in [0.2, 0.25) is 15.9 Å². The number of hydrogen-bond donors (Lipinski definition) is 2. The van der Waals surface area contributed by atoms with E-state index in [4.69, 9.17) is 5.73 Å². The lowest BCUT2D eigenvalue weighted by Crippen LogP contribution is -2.53. The van der Waals surface area contributed by atoms with Crippen LogP contribution in [0.3, 0.4) is 0 Å². The molecule has 1 heterocycles. The average molecular weight is 419 g/mol. The first kappa shape index (κ1) is 23.8. The fraction of sp³-hybridized carbons (Fsp3) is 0.611. The van der Waals surface area contributed by atoms with Crippen molar-refractivity contribution in [3.63, 3.8) is 0 Å². The molecule has 1 aliphatic rings. The maximum absolute atomic E-state index is 12.4. The molecule has 0 aliphatic carbocycles. The van der Waals surface area contributed by atoms with E-state index in [1.807, 2.05) is 0 Å². The number of carbonyl (C=O) groups is 1. The number of benzene rings is 1. The normalized spacial score (nSPS) is 20.2. The van der Waals surface area contributed by atoms with Crippen LogP contribution in [-0.2, 0) is 14.8 Å². The molecule has 0 saturated carbocycles. The average Bonchev–Trinajstić information content (AvgIpc) is 2.52. The Bertz CT molecular complexity index is 781. The number of likely N-dealkylation sites (tertiary alicyclic amines) is 1. The monoisotopic (exact) mass is 418 g/mol. The lowest BCUT2D eigenvalue weighted by atomic mass is 9.80. The summed E-state index contributed by atoms with van der Waals surface area (Å²) in [5.41, 5.74) is 7.23. The molecule has 1 aromatic carbocycles. The Kier molecular flexibility index (Phi) is 7.84. The van der Waals surface area contributed by atoms with Crippen LogP contribution in [0, 0.1) is 12.3 Å². The van der Waals surface area contributed by atoms with Gasteiger partial charge in [0.15, 0.2) is 0 Å². The molecule has 27 heavy (non-hydrogen) atoms. The van der Waals surface area contributed by atoms with Gasteiger partial charge in [-0.25, -0.2) is 12.7 Å². The van der Waals surface area contributed by atoms with E-state index >= 15 is 0 Å². The van der Waals surface area contributed by atoms with Crippen LogP contribution >= 0.6 is 12.4 Å². The highest BCUT2D eigenvalue weighted by atomic mass is 35.5. The van der Waals surface area contributed by atoms with Gasteiger partial charge in [0.1, 0.15) is 0 Å². The third-order valence-corrected chi connectivity index (χ3v) is 6.95. The van der Waals surface area contributed by atoms with E-state index in [1.165, 1.54) is 24.5 Å². The van der Waals surface area contributed by atoms with Crippen molar-refractivity contribution in [2.75, 3.05) is 39.0 Å². The van der Waals surface area contributed by atoms with Gasteiger partial charge < -0.3 is 11.1 Å². The van der Waals surface area contributed by atoms with Crippen LogP contribution in [0.25, 0.3) is 0 Å². The highest BCUT2D eigenvalue weighted by Crippen LogP contribution is 2.27. The molecule has 1 unspecified atom stereocenters. The van der Waals surface area contributed by atoms with E-state index in [2.05, 4.69) is 24.1 Å². The summed E-state index contributed by atoms with van der Waals surface area (Å²) in [6.07, 6.45) is 0.857. The lowest BCUT2D eigenvalue weighted by Gasteiger charge is -2.42. The van der Waals surface area contributed by atoms with Crippen LogP contribution in [0.4, 0.5) is 5.69 Å². The van der Waals surface area contributed by atoms with Gasteiger partial charge in [0.25, 0.3) is 0 Å². The molecule has 1 aliphatic heterocycles. The number of aryl methyl sites for hydroxylation is 1. The van der Waals surface area contributed by atoms with Crippen LogP contribution in [0.15, 0.2) is 23.1 Å². The smallest absolute Gasteiger partial charge is 0.242 e. The first-order valence-corrected chi connectivity index (χ1v) is 10.2. The van der Waals surface area contributed by atoms with Crippen LogP contribution < -0.4 is 11.1 Å². The molecule has 0 aromatic heterocycles. The predicted octanol–water partition coefficient (Wildman–Crippen LogP) is 1.66. The Labute approximate surface area is 168 Å². The Morgan fingerprint density at radius 2 is 2.00 bits per heavy atom. The Balaban J connectivity index is 0.00000364. The number of nitrogens with zero attached hydrogens (tertiary/aromatic N) is 2. The molecule has 1 saturated heterocycles. The topological polar surface area (TPSA) is 95.7 Å². The van der Waals surface area contributed by atoms with Crippen LogP contribution in [0.2, 0.25) is 0 Å². The maximum atomic E-state index is 12.4. The van der Waals surface area contributed by atoms with Crippen molar-refractivity contribution in [2.45, 2.75) is 38.1 Å². The van der Waals surface area contributed by atoms with Crippen molar-refractivity contribution in [1.82, 2.24) is 9.21 Å². The van der Waals surface area contributed by atoms with Crippen molar-refractivity contribution in [1.29, 1.82) is 0 Å². The van der Waals surface area contributed by atoms with E-state index in [0.717, 1.165) is 19.5 Å². The minimum atomic E-state index is -3.56. The zero-order valence-corrected chi connectivity index (χ0v) is 18.3. The molecule has 2 rings (SSSR count). The van der Waals surface area contributed by atoms with Crippen molar-refractivity contribution in [3.05, 3.63) is 23.8 Å². The summed E-state index contributed by atoms with van der Waals surface area (Å²) in [7, 11) is -0.579. The molecule has 0 radical (unpaired) electrons. The van der Waals surface area contributed by atoms with E-state index < -0.39 is 10.0 Å². The summed E-state index contributed by atoms with van der Waals surface area (Å²) in [6, 6.07) is 5.07. The van der Waals surface area contributed by atoms with E-state index in [-0.39, 0.29) is 41.2 Å². The van der Waals surface area contributed by atoms with Crippen molar-refractivity contribution in [2.24, 2.45) is 11.1 Å². The summed E-state index contributed by atoms with van der Waals surface area (Å²) in [6.45, 7) is 7.77. The van der Waals surface area contributed by atoms with Crippen molar-refractivity contribution < 1.29 is 13.2 Å². The van der Waals surface area contributed by atoms with Crippen LogP contribution in [-0.4, -0.2) is 63.3 Å². The Morgan fingerprint density at radius 3 is 2.56 bits per heavy atom. The minimum Gasteiger partial charge on any atom is -0.327 e. The van der Waals surface area contributed by atoms with Gasteiger partial charge in [-0.1, -0.05) is 19.9 Å². The third-order valence-electron chi connectivity index (χ3n) is 4.99. The number of sulfonamides is 1. The summed E-state index contributed by atoms with van der Waals surface area (Å²) in [5, 5.41) is 2.81. The molecule has 1 amide bonds. The first-order valence-electron chi connectivity index (χ1n) is 8.74. The van der Waals surface area contributed by atoms with Crippen LogP contribution in [0.1, 0.15) is 25.8 Å². The number of amides is 1. The molecule has 7 nitrogen and oxygen atoms in total. The number of nitrogens with two attached hydrogens (primary N) is 1. The highest BCUT2D eigenvalue weighted by Gasteiger charge is 2.33. The van der Waals surface area contributed by atoms with Crippen LogP contribution in [0.5, 0.6) is 0 Å². The van der Waals surface area contributed by atoms with Gasteiger partial charge in [-0.2, -0.15) is 0 Å². The van der Waals surface area contributed by atoms with Gasteiger partial charge in [-0.15, -0.1) is 12.4 Å². The SMILES string of the molecule is Cc1ccc(NC(=O)CN2CCC(N)C(C)(C)C2)cc1S(=O)(=O)N(C)C.Cl. The van der Waals surface area contributed by atoms with Crippen molar-refractivity contribution in [3.8, 4) is 0 Å². The molecular weight excluding hydrogens is 388 g/mol. The molecular formula is C18H31ClN4O3S. The molecule has 1 fully saturated rings. The third kappa shape index (κ3) is 5.65. The van der Waals surface area contributed by atoms with Crippen molar-refractivity contribution >= 4 is 34.0 Å². The number of rotatable bonds is 5. The van der Waals surface area contributed by atoms with Gasteiger partial charge in [0.05, 0.1) is 11.4 Å². The number of hydrogen-bond acceptors (Lipinski definition) is 5. The molecule has 9 heteroatoms. The summed E-state index contributed by atoms with van der Waals surface area (Å²) in [4.78, 5) is 14.7. The number of nitrogens with one attached hydrogen (secondary N) is 1. The Hall–Kier alpha value is -1.19. The van der Waals surface area contributed by atoms with E-state index in [9.17, 15) is 13.2 Å². The van der Waals surface area contributed by atoms with E-state index in [1.54, 1.807) is 19.1 Å². The Morgan fingerprint density at radius 1 is 1.37 bits per heavy atom. The largest absolute Gasteiger partial charge is 0.327 e. The first-order chi connectivity index (χ1) is 11.9.